The van der Waals surface area contributed by atoms with Gasteiger partial charge in [-0.2, -0.15) is 0 Å². The zero-order valence-electron chi connectivity index (χ0n) is 11.4. The number of aliphatic hydroxyl groups excluding tert-OH is 1. The van der Waals surface area contributed by atoms with Gasteiger partial charge in [0.1, 0.15) is 5.75 Å². The van der Waals surface area contributed by atoms with Crippen molar-refractivity contribution in [1.82, 2.24) is 5.32 Å². The Morgan fingerprint density at radius 1 is 1.00 bits per heavy atom. The fraction of sp³-hybridized carbons (Fsp3) is 0.250. The lowest BCUT2D eigenvalue weighted by atomic mass is 10.1. The largest absolute Gasteiger partial charge is 0.496 e. The zero-order chi connectivity index (χ0) is 14.4. The molecule has 106 valence electrons. The Labute approximate surface area is 127 Å². The van der Waals surface area contributed by atoms with E-state index in [1.165, 1.54) is 11.1 Å². The maximum Gasteiger partial charge on any atom is 0.133 e. The minimum atomic E-state index is 0.0909. The first-order valence-corrected chi connectivity index (χ1v) is 7.24. The Morgan fingerprint density at radius 2 is 1.60 bits per heavy atom. The molecule has 2 aromatic rings. The highest BCUT2D eigenvalue weighted by atomic mass is 79.9. The number of methoxy groups -OCH3 is 1. The van der Waals surface area contributed by atoms with E-state index in [4.69, 9.17) is 9.84 Å². The molecule has 0 aliphatic rings. The molecule has 0 bridgehead atoms. The van der Waals surface area contributed by atoms with E-state index in [0.29, 0.717) is 0 Å². The van der Waals surface area contributed by atoms with Crippen molar-refractivity contribution in [3.05, 3.63) is 63.6 Å². The van der Waals surface area contributed by atoms with Gasteiger partial charge in [-0.3, -0.25) is 0 Å². The quantitative estimate of drug-likeness (QED) is 0.851. The summed E-state index contributed by atoms with van der Waals surface area (Å²) in [6.07, 6.45) is 0. The smallest absolute Gasteiger partial charge is 0.133 e. The van der Waals surface area contributed by atoms with E-state index in [-0.39, 0.29) is 6.61 Å². The Morgan fingerprint density at radius 3 is 2.20 bits per heavy atom. The first-order valence-electron chi connectivity index (χ1n) is 6.44. The summed E-state index contributed by atoms with van der Waals surface area (Å²) < 4.78 is 6.17. The molecule has 2 aromatic carbocycles. The molecule has 20 heavy (non-hydrogen) atoms. The maximum atomic E-state index is 8.99. The second-order valence-corrected chi connectivity index (χ2v) is 5.40. The third-order valence-corrected chi connectivity index (χ3v) is 3.70. The fourth-order valence-corrected chi connectivity index (χ4v) is 2.52. The van der Waals surface area contributed by atoms with Gasteiger partial charge < -0.3 is 15.2 Å². The summed E-state index contributed by atoms with van der Waals surface area (Å²) >= 11 is 3.48. The fourth-order valence-electron chi connectivity index (χ4n) is 1.93. The van der Waals surface area contributed by atoms with E-state index in [2.05, 4.69) is 27.3 Å². The van der Waals surface area contributed by atoms with Crippen molar-refractivity contribution in [2.45, 2.75) is 19.7 Å². The van der Waals surface area contributed by atoms with Gasteiger partial charge in [-0.05, 0) is 44.8 Å². The number of ether oxygens (including phenoxy) is 1. The van der Waals surface area contributed by atoms with Crippen LogP contribution in [0.1, 0.15) is 16.7 Å². The van der Waals surface area contributed by atoms with Crippen molar-refractivity contribution in [2.24, 2.45) is 0 Å². The molecule has 2 N–H and O–H groups in total. The van der Waals surface area contributed by atoms with Gasteiger partial charge in [0.2, 0.25) is 0 Å². The minimum absolute atomic E-state index is 0.0909. The van der Waals surface area contributed by atoms with Crippen molar-refractivity contribution in [2.75, 3.05) is 7.11 Å². The number of nitrogens with one attached hydrogen (secondary N) is 1. The SMILES string of the molecule is COc1ccc(CNCc2ccc(CO)cc2)cc1Br. The molecule has 0 saturated heterocycles. The molecule has 0 fully saturated rings. The molecule has 0 spiro atoms. The Balaban J connectivity index is 1.87. The van der Waals surface area contributed by atoms with E-state index in [1.54, 1.807) is 7.11 Å². The molecule has 0 aromatic heterocycles. The number of hydrogen-bond donors (Lipinski definition) is 2. The molecule has 3 nitrogen and oxygen atoms in total. The van der Waals surface area contributed by atoms with Gasteiger partial charge in [-0.1, -0.05) is 30.3 Å². The monoisotopic (exact) mass is 335 g/mol. The lowest BCUT2D eigenvalue weighted by Gasteiger charge is -2.08. The lowest BCUT2D eigenvalue weighted by molar-refractivity contribution is 0.282. The summed E-state index contributed by atoms with van der Waals surface area (Å²) in [7, 11) is 1.66. The summed E-state index contributed by atoms with van der Waals surface area (Å²) in [5.74, 6) is 0.841. The van der Waals surface area contributed by atoms with Crippen molar-refractivity contribution in [3.63, 3.8) is 0 Å². The van der Waals surface area contributed by atoms with E-state index < -0.39 is 0 Å². The number of halogens is 1. The third-order valence-electron chi connectivity index (χ3n) is 3.08. The Kier molecular flexibility index (Phi) is 5.59. The van der Waals surface area contributed by atoms with Crippen molar-refractivity contribution in [1.29, 1.82) is 0 Å². The first-order chi connectivity index (χ1) is 9.72. The molecule has 0 unspecified atom stereocenters. The number of aliphatic hydroxyl groups is 1. The molecule has 0 aliphatic carbocycles. The lowest BCUT2D eigenvalue weighted by Crippen LogP contribution is -2.12. The normalized spacial score (nSPS) is 10.6. The van der Waals surface area contributed by atoms with Gasteiger partial charge in [0.15, 0.2) is 0 Å². The topological polar surface area (TPSA) is 41.5 Å². The van der Waals surface area contributed by atoms with E-state index in [1.807, 2.05) is 36.4 Å². The summed E-state index contributed by atoms with van der Waals surface area (Å²) in [6.45, 7) is 1.69. The van der Waals surface area contributed by atoms with Crippen LogP contribution in [0.2, 0.25) is 0 Å². The Hall–Kier alpha value is -1.36. The second-order valence-electron chi connectivity index (χ2n) is 4.55. The van der Waals surface area contributed by atoms with Crippen LogP contribution in [0.3, 0.4) is 0 Å². The van der Waals surface area contributed by atoms with Crippen LogP contribution in [0, 0.1) is 0 Å². The molecule has 0 saturated carbocycles. The highest BCUT2D eigenvalue weighted by molar-refractivity contribution is 9.10. The minimum Gasteiger partial charge on any atom is -0.496 e. The molecule has 0 heterocycles. The second kappa shape index (κ2) is 7.43. The molecular formula is C16H18BrNO2. The average molecular weight is 336 g/mol. The number of hydrogen-bond acceptors (Lipinski definition) is 3. The molecule has 2 rings (SSSR count). The highest BCUT2D eigenvalue weighted by Crippen LogP contribution is 2.25. The van der Waals surface area contributed by atoms with Gasteiger partial charge >= 0.3 is 0 Å². The van der Waals surface area contributed by atoms with Gasteiger partial charge in [0.05, 0.1) is 18.2 Å². The summed E-state index contributed by atoms with van der Waals surface area (Å²) in [5, 5.41) is 12.4. The van der Waals surface area contributed by atoms with Crippen molar-refractivity contribution < 1.29 is 9.84 Å². The summed E-state index contributed by atoms with van der Waals surface area (Å²) in [4.78, 5) is 0. The highest BCUT2D eigenvalue weighted by Gasteiger charge is 2.01. The van der Waals surface area contributed by atoms with Crippen LogP contribution in [0.15, 0.2) is 46.9 Å². The maximum absolute atomic E-state index is 8.99. The van der Waals surface area contributed by atoms with Crippen LogP contribution in [-0.2, 0) is 19.7 Å². The van der Waals surface area contributed by atoms with Crippen molar-refractivity contribution in [3.8, 4) is 5.75 Å². The standard InChI is InChI=1S/C16H18BrNO2/c1-20-16-7-6-14(8-15(16)17)10-18-9-12-2-4-13(11-19)5-3-12/h2-8,18-19H,9-11H2,1H3. The predicted octanol–water partition coefficient (Wildman–Crippen LogP) is 3.24. The predicted molar refractivity (Wildman–Crippen MR) is 83.6 cm³/mol. The number of benzene rings is 2. The summed E-state index contributed by atoms with van der Waals surface area (Å²) in [5.41, 5.74) is 3.34. The molecule has 0 aliphatic heterocycles. The van der Waals surface area contributed by atoms with E-state index in [0.717, 1.165) is 28.9 Å². The summed E-state index contributed by atoms with van der Waals surface area (Å²) in [6, 6.07) is 14.0. The zero-order valence-corrected chi connectivity index (χ0v) is 13.0. The molecule has 0 radical (unpaired) electrons. The third kappa shape index (κ3) is 4.07. The van der Waals surface area contributed by atoms with Gasteiger partial charge in [0, 0.05) is 13.1 Å². The number of rotatable bonds is 6. The van der Waals surface area contributed by atoms with Gasteiger partial charge in [-0.25, -0.2) is 0 Å². The van der Waals surface area contributed by atoms with Crippen LogP contribution < -0.4 is 10.1 Å². The molecule has 0 amide bonds. The average Bonchev–Trinajstić information content (AvgIpc) is 2.48. The van der Waals surface area contributed by atoms with Crippen LogP contribution >= 0.6 is 15.9 Å². The van der Waals surface area contributed by atoms with E-state index in [9.17, 15) is 0 Å². The van der Waals surface area contributed by atoms with Crippen LogP contribution in [0.25, 0.3) is 0 Å². The van der Waals surface area contributed by atoms with Crippen LogP contribution in [0.4, 0.5) is 0 Å². The van der Waals surface area contributed by atoms with Crippen LogP contribution in [0.5, 0.6) is 5.75 Å². The van der Waals surface area contributed by atoms with Gasteiger partial charge in [0.25, 0.3) is 0 Å². The van der Waals surface area contributed by atoms with Crippen LogP contribution in [-0.4, -0.2) is 12.2 Å². The van der Waals surface area contributed by atoms with Gasteiger partial charge in [-0.15, -0.1) is 0 Å². The van der Waals surface area contributed by atoms with E-state index >= 15 is 0 Å². The molecule has 4 heteroatoms. The first kappa shape index (κ1) is 15.0. The Bertz CT molecular complexity index is 555. The van der Waals surface area contributed by atoms with Crippen molar-refractivity contribution >= 4 is 15.9 Å². The molecule has 0 atom stereocenters. The molecular weight excluding hydrogens is 318 g/mol.